The summed E-state index contributed by atoms with van der Waals surface area (Å²) in [4.78, 5) is 11.6. The van der Waals surface area contributed by atoms with Gasteiger partial charge in [0.15, 0.2) is 0 Å². The summed E-state index contributed by atoms with van der Waals surface area (Å²) in [7, 11) is 0. The number of ether oxygens (including phenoxy) is 1. The first-order valence-corrected chi connectivity index (χ1v) is 5.32. The molecule has 80 valence electrons. The van der Waals surface area contributed by atoms with E-state index in [-0.39, 0.29) is 24.0 Å². The maximum atomic E-state index is 11.6. The minimum atomic E-state index is -0.206. The Balaban J connectivity index is 1.71. The van der Waals surface area contributed by atoms with Gasteiger partial charge in [-0.3, -0.25) is 4.79 Å². The topological polar surface area (TPSA) is 58.6 Å². The van der Waals surface area contributed by atoms with Crippen LogP contribution in [0.1, 0.15) is 25.7 Å². The summed E-state index contributed by atoms with van der Waals surface area (Å²) in [6, 6.07) is 0.194. The fourth-order valence-corrected chi connectivity index (χ4v) is 1.97. The molecule has 14 heavy (non-hydrogen) atoms. The van der Waals surface area contributed by atoms with Crippen LogP contribution in [0.3, 0.4) is 0 Å². The zero-order valence-corrected chi connectivity index (χ0v) is 8.24. The normalized spacial score (nSPS) is 37.4. The summed E-state index contributed by atoms with van der Waals surface area (Å²) in [6.07, 6.45) is 3.12. The van der Waals surface area contributed by atoms with Crippen LogP contribution in [0.15, 0.2) is 0 Å². The van der Waals surface area contributed by atoms with Crippen LogP contribution in [0.4, 0.5) is 0 Å². The van der Waals surface area contributed by atoms with E-state index in [9.17, 15) is 4.79 Å². The summed E-state index contributed by atoms with van der Waals surface area (Å²) in [6.45, 7) is 1.34. The van der Waals surface area contributed by atoms with E-state index in [2.05, 4.69) is 5.32 Å². The molecule has 2 aliphatic rings. The zero-order valence-electron chi connectivity index (χ0n) is 8.24. The number of carbonyl (C=O) groups excluding carboxylic acids is 1. The van der Waals surface area contributed by atoms with E-state index in [4.69, 9.17) is 9.84 Å². The Morgan fingerprint density at radius 3 is 2.79 bits per heavy atom. The fraction of sp³-hybridized carbons (Fsp3) is 0.900. The molecular formula is C10H17NO3. The molecule has 4 heteroatoms. The predicted octanol–water partition coefficient (Wildman–Crippen LogP) is 0.0525. The molecule has 2 fully saturated rings. The first-order valence-electron chi connectivity index (χ1n) is 5.32. The van der Waals surface area contributed by atoms with Gasteiger partial charge >= 0.3 is 0 Å². The fourth-order valence-electron chi connectivity index (χ4n) is 1.97. The number of carbonyl (C=O) groups is 1. The van der Waals surface area contributed by atoms with Crippen LogP contribution in [-0.2, 0) is 9.53 Å². The molecule has 1 saturated carbocycles. The lowest BCUT2D eigenvalue weighted by Crippen LogP contribution is -2.49. The molecule has 4 nitrogen and oxygen atoms in total. The van der Waals surface area contributed by atoms with E-state index < -0.39 is 0 Å². The number of aliphatic hydroxyl groups is 1. The molecular weight excluding hydrogens is 182 g/mol. The van der Waals surface area contributed by atoms with Crippen LogP contribution in [-0.4, -0.2) is 36.4 Å². The molecule has 0 radical (unpaired) electrons. The van der Waals surface area contributed by atoms with Gasteiger partial charge in [-0.25, -0.2) is 0 Å². The van der Waals surface area contributed by atoms with Crippen molar-refractivity contribution in [1.82, 2.24) is 5.32 Å². The first kappa shape index (κ1) is 9.93. The minimum absolute atomic E-state index is 0.0292. The van der Waals surface area contributed by atoms with Gasteiger partial charge in [0.25, 0.3) is 0 Å². The summed E-state index contributed by atoms with van der Waals surface area (Å²) in [5.41, 5.74) is 0. The van der Waals surface area contributed by atoms with Crippen molar-refractivity contribution >= 4 is 5.91 Å². The second-order valence-corrected chi connectivity index (χ2v) is 4.24. The van der Waals surface area contributed by atoms with E-state index in [1.54, 1.807) is 0 Å². The average molecular weight is 199 g/mol. The molecule has 1 heterocycles. The molecule has 2 N–H and O–H groups in total. The van der Waals surface area contributed by atoms with Gasteiger partial charge in [-0.2, -0.15) is 0 Å². The maximum absolute atomic E-state index is 11.6. The van der Waals surface area contributed by atoms with Crippen molar-refractivity contribution < 1.29 is 14.6 Å². The van der Waals surface area contributed by atoms with Crippen molar-refractivity contribution in [2.45, 2.75) is 37.8 Å². The molecule has 0 aromatic carbocycles. The number of hydrogen-bond donors (Lipinski definition) is 2. The van der Waals surface area contributed by atoms with Gasteiger partial charge in [0.2, 0.25) is 5.91 Å². The maximum Gasteiger partial charge on any atom is 0.225 e. The van der Waals surface area contributed by atoms with Gasteiger partial charge in [-0.1, -0.05) is 0 Å². The van der Waals surface area contributed by atoms with E-state index in [1.165, 1.54) is 0 Å². The second-order valence-electron chi connectivity index (χ2n) is 4.24. The lowest BCUT2D eigenvalue weighted by atomic mass is 9.88. The minimum Gasteiger partial charge on any atom is -0.393 e. The van der Waals surface area contributed by atoms with Crippen molar-refractivity contribution in [3.63, 3.8) is 0 Å². The van der Waals surface area contributed by atoms with Crippen molar-refractivity contribution in [3.05, 3.63) is 0 Å². The number of amides is 1. The first-order chi connectivity index (χ1) is 6.75. The molecule has 2 rings (SSSR count). The van der Waals surface area contributed by atoms with E-state index in [1.807, 2.05) is 0 Å². The number of rotatable bonds is 2. The smallest absolute Gasteiger partial charge is 0.225 e. The Morgan fingerprint density at radius 2 is 2.21 bits per heavy atom. The average Bonchev–Trinajstić information content (AvgIpc) is 2.17. The van der Waals surface area contributed by atoms with E-state index >= 15 is 0 Å². The van der Waals surface area contributed by atoms with Crippen LogP contribution in [0.2, 0.25) is 0 Å². The molecule has 1 amide bonds. The van der Waals surface area contributed by atoms with Crippen LogP contribution in [0.5, 0.6) is 0 Å². The lowest BCUT2D eigenvalue weighted by Gasteiger charge is -2.33. The van der Waals surface area contributed by atoms with Crippen LogP contribution in [0, 0.1) is 5.92 Å². The van der Waals surface area contributed by atoms with Crippen LogP contribution < -0.4 is 5.32 Å². The van der Waals surface area contributed by atoms with Gasteiger partial charge in [-0.05, 0) is 25.7 Å². The SMILES string of the molecule is O=C(NC1CC(O)C1)C1CCCOC1. The molecule has 1 atom stereocenters. The Morgan fingerprint density at radius 1 is 1.43 bits per heavy atom. The Bertz CT molecular complexity index is 207. The number of nitrogens with one attached hydrogen (secondary N) is 1. The van der Waals surface area contributed by atoms with E-state index in [0.29, 0.717) is 19.4 Å². The quantitative estimate of drug-likeness (QED) is 0.661. The Hall–Kier alpha value is -0.610. The molecule has 1 aliphatic carbocycles. The zero-order chi connectivity index (χ0) is 9.97. The molecule has 1 aliphatic heterocycles. The third-order valence-corrected chi connectivity index (χ3v) is 2.99. The highest BCUT2D eigenvalue weighted by atomic mass is 16.5. The summed E-state index contributed by atoms with van der Waals surface area (Å²) >= 11 is 0. The standard InChI is InChI=1S/C10H17NO3/c12-9-4-8(5-9)11-10(13)7-2-1-3-14-6-7/h7-9,12H,1-6H2,(H,11,13). The lowest BCUT2D eigenvalue weighted by molar-refractivity contribution is -0.131. The molecule has 0 aromatic heterocycles. The van der Waals surface area contributed by atoms with E-state index in [0.717, 1.165) is 19.4 Å². The highest BCUT2D eigenvalue weighted by molar-refractivity contribution is 5.79. The monoisotopic (exact) mass is 199 g/mol. The summed E-state index contributed by atoms with van der Waals surface area (Å²) in [5, 5.41) is 12.0. The Kier molecular flexibility index (Phi) is 3.03. The van der Waals surface area contributed by atoms with Gasteiger partial charge in [0, 0.05) is 12.6 Å². The van der Waals surface area contributed by atoms with Crippen molar-refractivity contribution in [3.8, 4) is 0 Å². The summed E-state index contributed by atoms with van der Waals surface area (Å²) in [5.74, 6) is 0.128. The number of hydrogen-bond acceptors (Lipinski definition) is 3. The molecule has 1 unspecified atom stereocenters. The second kappa shape index (κ2) is 4.28. The molecule has 0 bridgehead atoms. The highest BCUT2D eigenvalue weighted by Gasteiger charge is 2.31. The third kappa shape index (κ3) is 2.25. The van der Waals surface area contributed by atoms with Gasteiger partial charge < -0.3 is 15.2 Å². The molecule has 1 saturated heterocycles. The van der Waals surface area contributed by atoms with Gasteiger partial charge in [0.1, 0.15) is 0 Å². The molecule has 0 aromatic rings. The van der Waals surface area contributed by atoms with Crippen molar-refractivity contribution in [1.29, 1.82) is 0 Å². The largest absolute Gasteiger partial charge is 0.393 e. The Labute approximate surface area is 83.6 Å². The van der Waals surface area contributed by atoms with Gasteiger partial charge in [0.05, 0.1) is 18.6 Å². The van der Waals surface area contributed by atoms with Crippen LogP contribution in [0.25, 0.3) is 0 Å². The van der Waals surface area contributed by atoms with Crippen LogP contribution >= 0.6 is 0 Å². The highest BCUT2D eigenvalue weighted by Crippen LogP contribution is 2.21. The summed E-state index contributed by atoms with van der Waals surface area (Å²) < 4.78 is 5.25. The van der Waals surface area contributed by atoms with Gasteiger partial charge in [-0.15, -0.1) is 0 Å². The third-order valence-electron chi connectivity index (χ3n) is 2.99. The number of aliphatic hydroxyl groups excluding tert-OH is 1. The predicted molar refractivity (Wildman–Crippen MR) is 50.7 cm³/mol. The molecule has 0 spiro atoms. The van der Waals surface area contributed by atoms with Crippen molar-refractivity contribution in [2.75, 3.05) is 13.2 Å². The van der Waals surface area contributed by atoms with Crippen molar-refractivity contribution in [2.24, 2.45) is 5.92 Å².